The largest absolute Gasteiger partial charge is 0.456 e. The first kappa shape index (κ1) is 19.5. The predicted octanol–water partition coefficient (Wildman–Crippen LogP) is 3.70. The van der Waals surface area contributed by atoms with E-state index in [2.05, 4.69) is 6.58 Å². The molecule has 1 aromatic heterocycles. The molecule has 3 aromatic rings. The smallest absolute Gasteiger partial charge is 0.243 e. The lowest BCUT2D eigenvalue weighted by Crippen LogP contribution is -2.44. The fraction of sp³-hybridized carbons (Fsp3) is 0.304. The molecule has 30 heavy (non-hydrogen) atoms. The van der Waals surface area contributed by atoms with Gasteiger partial charge in [0.1, 0.15) is 16.9 Å². The minimum absolute atomic E-state index is 0.185. The summed E-state index contributed by atoms with van der Waals surface area (Å²) in [6.07, 6.45) is -0.479. The number of furan rings is 1. The Morgan fingerprint density at radius 3 is 2.67 bits per heavy atom. The summed E-state index contributed by atoms with van der Waals surface area (Å²) in [5.41, 5.74) is 1.25. The molecule has 0 saturated carbocycles. The van der Waals surface area contributed by atoms with E-state index in [4.69, 9.17) is 9.15 Å². The van der Waals surface area contributed by atoms with E-state index in [1.165, 1.54) is 4.31 Å². The minimum atomic E-state index is -3.74. The van der Waals surface area contributed by atoms with E-state index in [-0.39, 0.29) is 17.9 Å². The second kappa shape index (κ2) is 6.78. The number of ether oxygens (including phenoxy) is 1. The van der Waals surface area contributed by atoms with Gasteiger partial charge in [0.15, 0.2) is 6.29 Å². The molecule has 2 aromatic carbocycles. The summed E-state index contributed by atoms with van der Waals surface area (Å²) >= 11 is 0. The lowest BCUT2D eigenvalue weighted by Gasteiger charge is -2.31. The van der Waals surface area contributed by atoms with Crippen LogP contribution < -0.4 is 0 Å². The van der Waals surface area contributed by atoms with Gasteiger partial charge in [-0.2, -0.15) is 4.31 Å². The molecule has 2 fully saturated rings. The molecule has 1 unspecified atom stereocenters. The molecule has 2 aliphatic rings. The van der Waals surface area contributed by atoms with Gasteiger partial charge in [0.25, 0.3) is 0 Å². The standard InChI is InChI=1S/C23H23NO5S/c1-15-7-9-18(10-8-15)30(26,27)24-12-11-23(21(24)14-22(25)29-23)16(2)20-13-17-5-3-4-6-19(17)28-20/h3-10,13,21-22,25H,2,11-12,14H2,1H3/t21-,22?,23+/m0/s1. The Kier molecular flexibility index (Phi) is 4.41. The maximum atomic E-state index is 13.4. The first-order valence-corrected chi connectivity index (χ1v) is 11.4. The molecular weight excluding hydrogens is 402 g/mol. The maximum absolute atomic E-state index is 13.4. The predicted molar refractivity (Wildman–Crippen MR) is 113 cm³/mol. The van der Waals surface area contributed by atoms with Crippen LogP contribution in [0, 0.1) is 6.92 Å². The Labute approximate surface area is 175 Å². The van der Waals surface area contributed by atoms with Gasteiger partial charge in [0.2, 0.25) is 10.0 Å². The lowest BCUT2D eigenvalue weighted by atomic mass is 9.86. The van der Waals surface area contributed by atoms with Gasteiger partial charge in [0.05, 0.1) is 10.9 Å². The van der Waals surface area contributed by atoms with Gasteiger partial charge in [-0.1, -0.05) is 42.5 Å². The van der Waals surface area contributed by atoms with E-state index < -0.39 is 28.0 Å². The summed E-state index contributed by atoms with van der Waals surface area (Å²) in [7, 11) is -3.74. The molecule has 3 atom stereocenters. The summed E-state index contributed by atoms with van der Waals surface area (Å²) in [5, 5.41) is 11.2. The van der Waals surface area contributed by atoms with Crippen LogP contribution in [0.15, 0.2) is 70.5 Å². The number of fused-ring (bicyclic) bond motifs is 2. The Morgan fingerprint density at radius 1 is 1.20 bits per heavy atom. The van der Waals surface area contributed by atoms with Crippen LogP contribution in [0.2, 0.25) is 0 Å². The second-order valence-electron chi connectivity index (χ2n) is 8.02. The number of hydrogen-bond donors (Lipinski definition) is 1. The van der Waals surface area contributed by atoms with Gasteiger partial charge >= 0.3 is 0 Å². The summed E-state index contributed by atoms with van der Waals surface area (Å²) < 4.78 is 40.1. The van der Waals surface area contributed by atoms with Crippen molar-refractivity contribution in [2.45, 2.75) is 42.6 Å². The Hall–Kier alpha value is -2.45. The van der Waals surface area contributed by atoms with E-state index in [1.54, 1.807) is 24.3 Å². The lowest BCUT2D eigenvalue weighted by molar-refractivity contribution is -0.114. The van der Waals surface area contributed by atoms with Crippen LogP contribution >= 0.6 is 0 Å². The second-order valence-corrected chi connectivity index (χ2v) is 9.91. The number of nitrogens with zero attached hydrogens (tertiary/aromatic N) is 1. The number of benzene rings is 2. The number of aliphatic hydroxyl groups excluding tert-OH is 1. The van der Waals surface area contributed by atoms with Crippen molar-refractivity contribution in [3.8, 4) is 0 Å². The normalized spacial score (nSPS) is 26.9. The molecule has 1 N–H and O–H groups in total. The molecule has 0 amide bonds. The third-order valence-electron chi connectivity index (χ3n) is 6.22. The molecule has 156 valence electrons. The van der Waals surface area contributed by atoms with Crippen LogP contribution in [0.3, 0.4) is 0 Å². The van der Waals surface area contributed by atoms with Crippen LogP contribution in [0.4, 0.5) is 0 Å². The summed E-state index contributed by atoms with van der Waals surface area (Å²) in [5.74, 6) is 0.546. The molecule has 2 aliphatic heterocycles. The summed E-state index contributed by atoms with van der Waals surface area (Å²) in [6, 6.07) is 15.7. The molecule has 3 heterocycles. The molecule has 0 bridgehead atoms. The Balaban J connectivity index is 1.53. The van der Waals surface area contributed by atoms with E-state index in [0.717, 1.165) is 16.5 Å². The fourth-order valence-electron chi connectivity index (χ4n) is 4.65. The van der Waals surface area contributed by atoms with E-state index in [1.807, 2.05) is 37.3 Å². The van der Waals surface area contributed by atoms with Crippen LogP contribution in [-0.4, -0.2) is 42.3 Å². The number of sulfonamides is 1. The van der Waals surface area contributed by atoms with Gasteiger partial charge in [-0.3, -0.25) is 0 Å². The molecule has 6 nitrogen and oxygen atoms in total. The van der Waals surface area contributed by atoms with Crippen molar-refractivity contribution < 1.29 is 22.7 Å². The summed E-state index contributed by atoms with van der Waals surface area (Å²) in [6.45, 7) is 6.42. The zero-order valence-corrected chi connectivity index (χ0v) is 17.4. The number of rotatable bonds is 4. The highest BCUT2D eigenvalue weighted by molar-refractivity contribution is 7.89. The van der Waals surface area contributed by atoms with Crippen molar-refractivity contribution in [1.29, 1.82) is 0 Å². The van der Waals surface area contributed by atoms with Crippen molar-refractivity contribution in [2.24, 2.45) is 0 Å². The van der Waals surface area contributed by atoms with Crippen molar-refractivity contribution in [1.82, 2.24) is 4.31 Å². The van der Waals surface area contributed by atoms with Gasteiger partial charge in [0, 0.05) is 23.9 Å². The molecule has 7 heteroatoms. The van der Waals surface area contributed by atoms with Crippen LogP contribution in [0.5, 0.6) is 0 Å². The van der Waals surface area contributed by atoms with Gasteiger partial charge in [-0.25, -0.2) is 8.42 Å². The topological polar surface area (TPSA) is 80.0 Å². The van der Waals surface area contributed by atoms with E-state index in [9.17, 15) is 13.5 Å². The van der Waals surface area contributed by atoms with Crippen LogP contribution in [0.1, 0.15) is 24.2 Å². The molecule has 0 spiro atoms. The Morgan fingerprint density at radius 2 is 1.93 bits per heavy atom. The highest BCUT2D eigenvalue weighted by Gasteiger charge is 2.60. The fourth-order valence-corrected chi connectivity index (χ4v) is 6.33. The van der Waals surface area contributed by atoms with Gasteiger partial charge < -0.3 is 14.3 Å². The molecular formula is C23H23NO5S. The maximum Gasteiger partial charge on any atom is 0.243 e. The average molecular weight is 426 g/mol. The van der Waals surface area contributed by atoms with Gasteiger partial charge in [-0.05, 0) is 37.6 Å². The van der Waals surface area contributed by atoms with Crippen LogP contribution in [0.25, 0.3) is 16.5 Å². The third-order valence-corrected chi connectivity index (χ3v) is 8.14. The first-order valence-electron chi connectivity index (χ1n) is 9.94. The Bertz CT molecular complexity index is 1200. The van der Waals surface area contributed by atoms with Crippen molar-refractivity contribution in [3.05, 3.63) is 72.5 Å². The third kappa shape index (κ3) is 2.85. The van der Waals surface area contributed by atoms with Crippen LogP contribution in [-0.2, 0) is 14.8 Å². The van der Waals surface area contributed by atoms with Gasteiger partial charge in [-0.15, -0.1) is 0 Å². The molecule has 2 saturated heterocycles. The zero-order valence-electron chi connectivity index (χ0n) is 16.6. The number of aryl methyl sites for hydroxylation is 1. The molecule has 0 aliphatic carbocycles. The summed E-state index contributed by atoms with van der Waals surface area (Å²) in [4.78, 5) is 0.236. The molecule has 0 radical (unpaired) electrons. The first-order chi connectivity index (χ1) is 14.3. The quantitative estimate of drug-likeness (QED) is 0.690. The van der Waals surface area contributed by atoms with Crippen molar-refractivity contribution >= 4 is 26.6 Å². The highest BCUT2D eigenvalue weighted by Crippen LogP contribution is 2.50. The number of para-hydroxylation sites is 1. The zero-order chi connectivity index (χ0) is 21.1. The average Bonchev–Trinajstić information content (AvgIpc) is 3.38. The monoisotopic (exact) mass is 425 g/mol. The van der Waals surface area contributed by atoms with E-state index in [0.29, 0.717) is 17.8 Å². The molecule has 5 rings (SSSR count). The number of hydrogen-bond acceptors (Lipinski definition) is 5. The van der Waals surface area contributed by atoms with Crippen molar-refractivity contribution in [2.75, 3.05) is 6.54 Å². The van der Waals surface area contributed by atoms with E-state index >= 15 is 0 Å². The minimum Gasteiger partial charge on any atom is -0.456 e. The van der Waals surface area contributed by atoms with Crippen molar-refractivity contribution in [3.63, 3.8) is 0 Å². The SMILES string of the molecule is C=C(c1cc2ccccc2o1)[C@]12CCN(S(=O)(=O)c3ccc(C)cc3)[C@H]1CC(O)O2. The highest BCUT2D eigenvalue weighted by atomic mass is 32.2. The number of aliphatic hydroxyl groups is 1.